The third kappa shape index (κ3) is 4.36. The third-order valence-electron chi connectivity index (χ3n) is 1.82. The van der Waals surface area contributed by atoms with Gasteiger partial charge in [0, 0.05) is 14.1 Å². The molecule has 0 spiro atoms. The molecule has 0 saturated carbocycles. The van der Waals surface area contributed by atoms with Crippen molar-refractivity contribution in [3.05, 3.63) is 20.8 Å². The molecule has 17 heavy (non-hydrogen) atoms. The predicted octanol–water partition coefficient (Wildman–Crippen LogP) is -3.46. The Kier molecular flexibility index (Phi) is 4.59. The van der Waals surface area contributed by atoms with Crippen LogP contribution in [0.3, 0.4) is 0 Å². The van der Waals surface area contributed by atoms with Gasteiger partial charge in [-0.1, -0.05) is 0 Å². The monoisotopic (exact) mass is 268 g/mol. The maximum absolute atomic E-state index is 11.2. The van der Waals surface area contributed by atoms with E-state index in [1.165, 1.54) is 18.7 Å². The summed E-state index contributed by atoms with van der Waals surface area (Å²) in [7, 11) is -2.03. The summed E-state index contributed by atoms with van der Waals surface area (Å²) in [5.74, 6) is 0.253. The fraction of sp³-hybridized carbons (Fsp3) is 0.333. The van der Waals surface area contributed by atoms with Crippen LogP contribution in [0, 0.1) is 0 Å². The van der Waals surface area contributed by atoms with E-state index >= 15 is 0 Å². The Morgan fingerprint density at radius 2 is 1.65 bits per heavy atom. The van der Waals surface area contributed by atoms with Gasteiger partial charge in [-0.3, -0.25) is 18.5 Å². The van der Waals surface area contributed by atoms with Crippen LogP contribution in [0.5, 0.6) is 0 Å². The fourth-order valence-corrected chi connectivity index (χ4v) is 0.912. The molecule has 0 fully saturated rings. The molecule has 1 heterocycles. The van der Waals surface area contributed by atoms with Crippen molar-refractivity contribution in [1.29, 1.82) is 0 Å². The largest absolute Gasteiger partial charge is 0.726 e. The van der Waals surface area contributed by atoms with E-state index in [-0.39, 0.29) is 11.5 Å². The van der Waals surface area contributed by atoms with E-state index in [2.05, 4.69) is 5.73 Å². The highest BCUT2D eigenvalue weighted by Gasteiger charge is 2.11. The molecular weight excluding hydrogens is 256 g/mol. The second-order valence-electron chi connectivity index (χ2n) is 2.99. The lowest BCUT2D eigenvalue weighted by Crippen LogP contribution is -2.51. The zero-order valence-corrected chi connectivity index (χ0v) is 9.89. The van der Waals surface area contributed by atoms with Gasteiger partial charge in [-0.25, -0.2) is 13.2 Å². The van der Waals surface area contributed by atoms with Gasteiger partial charge >= 0.3 is 5.69 Å². The van der Waals surface area contributed by atoms with Crippen LogP contribution in [0.15, 0.2) is 9.59 Å². The number of quaternary nitrogens is 1. The van der Waals surface area contributed by atoms with E-state index in [0.717, 1.165) is 4.57 Å². The number of hydrogen-bond acceptors (Lipinski definition) is 6. The summed E-state index contributed by atoms with van der Waals surface area (Å²) in [6.45, 7) is 0. The molecule has 0 aliphatic heterocycles. The quantitative estimate of drug-likeness (QED) is 0.323. The third-order valence-corrected chi connectivity index (χ3v) is 1.82. The first kappa shape index (κ1) is 15.3. The molecule has 0 saturated heterocycles. The lowest BCUT2D eigenvalue weighted by molar-refractivity contribution is -0.264. The molecule has 98 valence electrons. The maximum atomic E-state index is 11.2. The average Bonchev–Trinajstić information content (AvgIpc) is 2.18. The zero-order chi connectivity index (χ0) is 14.0. The van der Waals surface area contributed by atoms with E-state index < -0.39 is 21.6 Å². The minimum atomic E-state index is -4.92. The minimum Gasteiger partial charge on any atom is -0.726 e. The first-order valence-corrected chi connectivity index (χ1v) is 5.39. The number of anilines is 1. The number of nitrogens with two attached hydrogens (primary N) is 1. The van der Waals surface area contributed by atoms with Crippen LogP contribution >= 0.6 is 0 Å². The normalized spacial score (nSPS) is 10.6. The van der Waals surface area contributed by atoms with Gasteiger partial charge in [-0.2, -0.15) is 0 Å². The van der Waals surface area contributed by atoms with Crippen molar-refractivity contribution in [3.8, 4) is 0 Å². The Morgan fingerprint density at radius 1 is 1.29 bits per heavy atom. The molecule has 0 bridgehead atoms. The van der Waals surface area contributed by atoms with Crippen molar-refractivity contribution in [2.45, 2.75) is 0 Å². The molecule has 0 atom stereocenters. The number of nitrogens with zero attached hydrogens (tertiary/aromatic N) is 2. The Labute approximate surface area is 95.7 Å². The van der Waals surface area contributed by atoms with Gasteiger partial charge in [-0.15, -0.1) is 0 Å². The summed E-state index contributed by atoms with van der Waals surface area (Å²) in [5.41, 5.74) is 8.00. The fourth-order valence-electron chi connectivity index (χ4n) is 0.912. The molecule has 0 aliphatic rings. The maximum Gasteiger partial charge on any atom is 0.335 e. The van der Waals surface area contributed by atoms with E-state index in [1.54, 1.807) is 0 Å². The molecule has 0 aromatic carbocycles. The zero-order valence-electron chi connectivity index (χ0n) is 9.08. The topological polar surface area (TPSA) is 175 Å². The van der Waals surface area contributed by atoms with Crippen molar-refractivity contribution >= 4 is 21.9 Å². The standard InChI is InChI=1S/C6H10N4O2.H2O4S/c1-9-4(8)3(7)5(11)10(2)6(9)12;1-5(2,3)4/h7-8H2,1-2H3;(H2,1,2,3,4). The number of hydrogen-bond donors (Lipinski definition) is 3. The summed E-state index contributed by atoms with van der Waals surface area (Å²) in [6.07, 6.45) is 0. The Hall–Kier alpha value is -1.69. The van der Waals surface area contributed by atoms with Gasteiger partial charge in [0.05, 0.1) is 0 Å². The highest BCUT2D eigenvalue weighted by molar-refractivity contribution is 7.79. The molecule has 10 nitrogen and oxygen atoms in total. The SMILES string of the molecule is Cn1c([NH3+])c(N)c(=O)n(C)c1=O.O=S(=O)([O-])O. The second kappa shape index (κ2) is 5.09. The van der Waals surface area contributed by atoms with E-state index in [0.29, 0.717) is 0 Å². The van der Waals surface area contributed by atoms with Gasteiger partial charge in [0.15, 0.2) is 5.69 Å². The first-order chi connectivity index (χ1) is 7.46. The van der Waals surface area contributed by atoms with Crippen LogP contribution in [0.4, 0.5) is 11.5 Å². The first-order valence-electron chi connectivity index (χ1n) is 4.02. The number of nitrogen functional groups attached to an aromatic ring is 1. The Morgan fingerprint density at radius 3 is 2.00 bits per heavy atom. The second-order valence-corrected chi connectivity index (χ2v) is 3.85. The summed E-state index contributed by atoms with van der Waals surface area (Å²) in [5, 5.41) is 0. The highest BCUT2D eigenvalue weighted by Crippen LogP contribution is 1.99. The Balaban J connectivity index is 0.000000437. The van der Waals surface area contributed by atoms with Crippen LogP contribution in [-0.2, 0) is 24.5 Å². The molecule has 11 heteroatoms. The molecule has 0 amide bonds. The Bertz CT molecular complexity index is 582. The van der Waals surface area contributed by atoms with Crippen LogP contribution < -0.4 is 22.7 Å². The van der Waals surface area contributed by atoms with E-state index in [9.17, 15) is 9.59 Å². The molecule has 6 N–H and O–H groups in total. The summed E-state index contributed by atoms with van der Waals surface area (Å²) < 4.78 is 35.0. The molecule has 0 radical (unpaired) electrons. The molecule has 0 aliphatic carbocycles. The summed E-state index contributed by atoms with van der Waals surface area (Å²) in [4.78, 5) is 22.3. The molecule has 0 unspecified atom stereocenters. The van der Waals surface area contributed by atoms with Crippen LogP contribution in [0.1, 0.15) is 0 Å². The summed E-state index contributed by atoms with van der Waals surface area (Å²) in [6, 6.07) is 0. The van der Waals surface area contributed by atoms with Gasteiger partial charge in [0.25, 0.3) is 5.56 Å². The van der Waals surface area contributed by atoms with Crippen molar-refractivity contribution < 1.29 is 23.3 Å². The van der Waals surface area contributed by atoms with Gasteiger partial charge < -0.3 is 16.0 Å². The molecule has 1 aromatic heterocycles. The van der Waals surface area contributed by atoms with Crippen molar-refractivity contribution in [2.24, 2.45) is 14.1 Å². The average molecular weight is 268 g/mol. The van der Waals surface area contributed by atoms with Crippen LogP contribution in [0.25, 0.3) is 0 Å². The summed E-state index contributed by atoms with van der Waals surface area (Å²) >= 11 is 0. The van der Waals surface area contributed by atoms with Gasteiger partial charge in [-0.05, 0) is 0 Å². The lowest BCUT2D eigenvalue weighted by atomic mass is 10.4. The van der Waals surface area contributed by atoms with Crippen LogP contribution in [-0.4, -0.2) is 26.7 Å². The van der Waals surface area contributed by atoms with Gasteiger partial charge in [0.2, 0.25) is 16.2 Å². The molecule has 1 aromatic rings. The van der Waals surface area contributed by atoms with Crippen molar-refractivity contribution in [3.63, 3.8) is 0 Å². The smallest absolute Gasteiger partial charge is 0.335 e. The van der Waals surface area contributed by atoms with Gasteiger partial charge in [0.1, 0.15) is 0 Å². The van der Waals surface area contributed by atoms with E-state index in [1.807, 2.05) is 0 Å². The molecule has 1 rings (SSSR count). The van der Waals surface area contributed by atoms with Crippen molar-refractivity contribution in [1.82, 2.24) is 9.13 Å². The number of rotatable bonds is 0. The van der Waals surface area contributed by atoms with Crippen molar-refractivity contribution in [2.75, 3.05) is 5.73 Å². The number of aromatic nitrogens is 2. The minimum absolute atomic E-state index is 0.0135. The van der Waals surface area contributed by atoms with Crippen LogP contribution in [0.2, 0.25) is 0 Å². The van der Waals surface area contributed by atoms with E-state index in [4.69, 9.17) is 23.3 Å². The lowest BCUT2D eigenvalue weighted by Gasteiger charge is -2.03. The predicted molar refractivity (Wildman–Crippen MR) is 56.2 cm³/mol. The molecular formula is C6H12N4O6S. The highest BCUT2D eigenvalue weighted by atomic mass is 32.3.